The van der Waals surface area contributed by atoms with Crippen LogP contribution in [0.25, 0.3) is 0 Å². The standard InChI is InChI=1S/C9H10F3NO/c1-14-9-6(11)2-5(3-7(9)12)8(13)4-10/h2-3,8H,4,13H2,1H3/t8-/m1/s1. The second-order valence-corrected chi connectivity index (χ2v) is 2.78. The van der Waals surface area contributed by atoms with Crippen molar-refractivity contribution in [1.82, 2.24) is 0 Å². The van der Waals surface area contributed by atoms with Crippen LogP contribution in [0.2, 0.25) is 0 Å². The second kappa shape index (κ2) is 4.32. The minimum absolute atomic E-state index is 0.0725. The molecule has 1 aromatic rings. The third-order valence-corrected chi connectivity index (χ3v) is 1.82. The monoisotopic (exact) mass is 205 g/mol. The molecular weight excluding hydrogens is 195 g/mol. The van der Waals surface area contributed by atoms with Crippen LogP contribution in [0.1, 0.15) is 11.6 Å². The van der Waals surface area contributed by atoms with Crippen LogP contribution in [0.5, 0.6) is 5.75 Å². The van der Waals surface area contributed by atoms with Crippen molar-refractivity contribution in [3.05, 3.63) is 29.3 Å². The van der Waals surface area contributed by atoms with Crippen LogP contribution in [0.3, 0.4) is 0 Å². The molecule has 0 fully saturated rings. The van der Waals surface area contributed by atoms with E-state index in [1.807, 2.05) is 0 Å². The zero-order chi connectivity index (χ0) is 10.7. The molecule has 0 bridgehead atoms. The summed E-state index contributed by atoms with van der Waals surface area (Å²) in [6.45, 7) is -0.870. The lowest BCUT2D eigenvalue weighted by Gasteiger charge is -2.10. The van der Waals surface area contributed by atoms with Gasteiger partial charge in [-0.2, -0.15) is 0 Å². The van der Waals surface area contributed by atoms with Gasteiger partial charge >= 0.3 is 0 Å². The summed E-state index contributed by atoms with van der Waals surface area (Å²) in [4.78, 5) is 0. The van der Waals surface area contributed by atoms with E-state index in [4.69, 9.17) is 5.73 Å². The Balaban J connectivity index is 3.13. The zero-order valence-corrected chi connectivity index (χ0v) is 7.56. The molecule has 0 saturated carbocycles. The van der Waals surface area contributed by atoms with Gasteiger partial charge in [-0.3, -0.25) is 0 Å². The van der Waals surface area contributed by atoms with Crippen molar-refractivity contribution in [3.63, 3.8) is 0 Å². The van der Waals surface area contributed by atoms with Gasteiger partial charge in [0.25, 0.3) is 0 Å². The average Bonchev–Trinajstić information content (AvgIpc) is 2.16. The van der Waals surface area contributed by atoms with Gasteiger partial charge in [0.05, 0.1) is 13.2 Å². The van der Waals surface area contributed by atoms with Gasteiger partial charge in [0.1, 0.15) is 6.67 Å². The van der Waals surface area contributed by atoms with Crippen molar-refractivity contribution < 1.29 is 17.9 Å². The van der Waals surface area contributed by atoms with Gasteiger partial charge < -0.3 is 10.5 Å². The lowest BCUT2D eigenvalue weighted by atomic mass is 10.1. The SMILES string of the molecule is COc1c(F)cc([C@H](N)CF)cc1F. The first-order valence-electron chi connectivity index (χ1n) is 3.94. The highest BCUT2D eigenvalue weighted by atomic mass is 19.1. The van der Waals surface area contributed by atoms with Gasteiger partial charge in [-0.05, 0) is 17.7 Å². The van der Waals surface area contributed by atoms with E-state index in [-0.39, 0.29) is 5.56 Å². The predicted octanol–water partition coefficient (Wildman–Crippen LogP) is 1.94. The topological polar surface area (TPSA) is 35.2 Å². The normalized spacial score (nSPS) is 12.6. The molecule has 1 atom stereocenters. The fourth-order valence-electron chi connectivity index (χ4n) is 1.08. The molecule has 14 heavy (non-hydrogen) atoms. The summed E-state index contributed by atoms with van der Waals surface area (Å²) in [5, 5.41) is 0. The van der Waals surface area contributed by atoms with Crippen LogP contribution >= 0.6 is 0 Å². The third-order valence-electron chi connectivity index (χ3n) is 1.82. The number of hydrogen-bond donors (Lipinski definition) is 1. The van der Waals surface area contributed by atoms with Gasteiger partial charge in [0, 0.05) is 0 Å². The maximum absolute atomic E-state index is 13.1. The molecule has 0 aliphatic heterocycles. The van der Waals surface area contributed by atoms with Crippen molar-refractivity contribution in [2.45, 2.75) is 6.04 Å². The van der Waals surface area contributed by atoms with Crippen LogP contribution in [0.15, 0.2) is 12.1 Å². The molecule has 0 aromatic heterocycles. The molecule has 0 aliphatic rings. The van der Waals surface area contributed by atoms with Crippen molar-refractivity contribution in [1.29, 1.82) is 0 Å². The number of hydrogen-bond acceptors (Lipinski definition) is 2. The molecule has 0 saturated heterocycles. The summed E-state index contributed by atoms with van der Waals surface area (Å²) < 4.78 is 42.7. The molecule has 0 spiro atoms. The van der Waals surface area contributed by atoms with E-state index in [9.17, 15) is 13.2 Å². The Morgan fingerprint density at radius 2 is 1.86 bits per heavy atom. The predicted molar refractivity (Wildman–Crippen MR) is 45.8 cm³/mol. The molecule has 1 aromatic carbocycles. The minimum Gasteiger partial charge on any atom is -0.491 e. The third kappa shape index (κ3) is 1.98. The maximum Gasteiger partial charge on any atom is 0.190 e. The quantitative estimate of drug-likeness (QED) is 0.818. The molecule has 0 heterocycles. The van der Waals surface area contributed by atoms with E-state index in [0.29, 0.717) is 0 Å². The molecule has 0 aliphatic carbocycles. The number of halogens is 3. The van der Waals surface area contributed by atoms with Gasteiger partial charge in [-0.25, -0.2) is 13.2 Å². The number of ether oxygens (including phenoxy) is 1. The number of benzene rings is 1. The Bertz CT molecular complexity index is 307. The fourth-order valence-corrected chi connectivity index (χ4v) is 1.08. The first-order valence-corrected chi connectivity index (χ1v) is 3.94. The largest absolute Gasteiger partial charge is 0.491 e. The summed E-state index contributed by atoms with van der Waals surface area (Å²) in [6, 6.07) is 0.920. The van der Waals surface area contributed by atoms with Crippen molar-refractivity contribution in [3.8, 4) is 5.75 Å². The summed E-state index contributed by atoms with van der Waals surface area (Å²) in [7, 11) is 1.15. The van der Waals surface area contributed by atoms with Crippen LogP contribution in [0.4, 0.5) is 13.2 Å². The van der Waals surface area contributed by atoms with Crippen LogP contribution < -0.4 is 10.5 Å². The summed E-state index contributed by atoms with van der Waals surface area (Å²) in [6.07, 6.45) is 0. The molecule has 1 rings (SSSR count). The molecule has 0 unspecified atom stereocenters. The maximum atomic E-state index is 13.1. The Kier molecular flexibility index (Phi) is 3.35. The van der Waals surface area contributed by atoms with Crippen LogP contribution in [0, 0.1) is 11.6 Å². The molecule has 2 nitrogen and oxygen atoms in total. The molecule has 0 radical (unpaired) electrons. The Labute approximate surface area is 79.5 Å². The van der Waals surface area contributed by atoms with Gasteiger partial charge in [0.2, 0.25) is 0 Å². The van der Waals surface area contributed by atoms with Gasteiger partial charge in [0.15, 0.2) is 17.4 Å². The highest BCUT2D eigenvalue weighted by Gasteiger charge is 2.14. The fraction of sp³-hybridized carbons (Fsp3) is 0.333. The smallest absolute Gasteiger partial charge is 0.190 e. The zero-order valence-electron chi connectivity index (χ0n) is 7.56. The van der Waals surface area contributed by atoms with E-state index < -0.39 is 30.1 Å². The van der Waals surface area contributed by atoms with E-state index in [1.54, 1.807) is 0 Å². The van der Waals surface area contributed by atoms with Gasteiger partial charge in [-0.1, -0.05) is 0 Å². The number of rotatable bonds is 3. The Morgan fingerprint density at radius 1 is 1.36 bits per heavy atom. The first-order chi connectivity index (χ1) is 6.60. The lowest BCUT2D eigenvalue weighted by Crippen LogP contribution is -2.13. The van der Waals surface area contributed by atoms with E-state index >= 15 is 0 Å². The van der Waals surface area contributed by atoms with Crippen molar-refractivity contribution in [2.24, 2.45) is 5.73 Å². The number of nitrogens with two attached hydrogens (primary N) is 1. The van der Waals surface area contributed by atoms with E-state index in [1.165, 1.54) is 0 Å². The molecule has 0 amide bonds. The highest BCUT2D eigenvalue weighted by Crippen LogP contribution is 2.25. The van der Waals surface area contributed by atoms with Crippen molar-refractivity contribution in [2.75, 3.05) is 13.8 Å². The highest BCUT2D eigenvalue weighted by molar-refractivity contribution is 5.32. The van der Waals surface area contributed by atoms with Gasteiger partial charge in [-0.15, -0.1) is 0 Å². The summed E-state index contributed by atoms with van der Waals surface area (Å²) in [5.41, 5.74) is 5.35. The first kappa shape index (κ1) is 10.8. The summed E-state index contributed by atoms with van der Waals surface area (Å²) >= 11 is 0. The summed E-state index contributed by atoms with van der Waals surface area (Å²) in [5.74, 6) is -2.25. The second-order valence-electron chi connectivity index (χ2n) is 2.78. The molecular formula is C9H10F3NO. The van der Waals surface area contributed by atoms with E-state index in [2.05, 4.69) is 4.74 Å². The van der Waals surface area contributed by atoms with Crippen LogP contribution in [-0.2, 0) is 0 Å². The molecule has 2 N–H and O–H groups in total. The van der Waals surface area contributed by atoms with E-state index in [0.717, 1.165) is 19.2 Å². The van der Waals surface area contributed by atoms with Crippen LogP contribution in [-0.4, -0.2) is 13.8 Å². The van der Waals surface area contributed by atoms with Crippen molar-refractivity contribution >= 4 is 0 Å². The molecule has 5 heteroatoms. The minimum atomic E-state index is -1.01. The Morgan fingerprint density at radius 3 is 2.21 bits per heavy atom. The number of alkyl halides is 1. The average molecular weight is 205 g/mol. The lowest BCUT2D eigenvalue weighted by molar-refractivity contribution is 0.357. The number of methoxy groups -OCH3 is 1. The molecule has 78 valence electrons. The Hall–Kier alpha value is -1.23.